The molecule has 1 saturated heterocycles. The molecule has 1 fully saturated rings. The predicted octanol–water partition coefficient (Wildman–Crippen LogP) is 3.32. The Morgan fingerprint density at radius 1 is 1.10 bits per heavy atom. The number of sulfonamides is 1. The molecule has 0 spiro atoms. The van der Waals surface area contributed by atoms with Gasteiger partial charge in [-0.3, -0.25) is 14.9 Å². The molecule has 0 aliphatic carbocycles. The number of rotatable bonds is 7. The summed E-state index contributed by atoms with van der Waals surface area (Å²) >= 11 is 0. The zero-order valence-corrected chi connectivity index (χ0v) is 18.5. The van der Waals surface area contributed by atoms with Crippen LogP contribution in [0.1, 0.15) is 36.8 Å². The Bertz CT molecular complexity index is 1050. The summed E-state index contributed by atoms with van der Waals surface area (Å²) in [7, 11) is -3.89. The van der Waals surface area contributed by atoms with Gasteiger partial charge in [0, 0.05) is 38.3 Å². The number of hydrogen-bond donors (Lipinski definition) is 0. The van der Waals surface area contributed by atoms with Crippen LogP contribution >= 0.6 is 0 Å². The number of amides is 1. The number of nitro benzene ring substituents is 1. The van der Waals surface area contributed by atoms with E-state index >= 15 is 0 Å². The maximum Gasteiger partial charge on any atom is 0.270 e. The maximum absolute atomic E-state index is 13.2. The molecule has 1 amide bonds. The zero-order valence-electron chi connectivity index (χ0n) is 17.7. The highest BCUT2D eigenvalue weighted by molar-refractivity contribution is 7.89. The highest BCUT2D eigenvalue weighted by Crippen LogP contribution is 2.27. The van der Waals surface area contributed by atoms with Crippen molar-refractivity contribution in [3.05, 3.63) is 69.8 Å². The van der Waals surface area contributed by atoms with E-state index in [9.17, 15) is 23.3 Å². The van der Waals surface area contributed by atoms with Gasteiger partial charge < -0.3 is 4.90 Å². The number of aryl methyl sites for hydroxylation is 1. The van der Waals surface area contributed by atoms with Crippen molar-refractivity contribution in [3.8, 4) is 0 Å². The van der Waals surface area contributed by atoms with E-state index < -0.39 is 14.9 Å². The summed E-state index contributed by atoms with van der Waals surface area (Å²) in [6.45, 7) is 4.55. The fourth-order valence-corrected chi connectivity index (χ4v) is 5.56. The van der Waals surface area contributed by atoms with Crippen LogP contribution in [0.4, 0.5) is 5.69 Å². The van der Waals surface area contributed by atoms with Crippen LogP contribution in [0.25, 0.3) is 0 Å². The Balaban J connectivity index is 1.75. The number of nitrogens with zero attached hydrogens (tertiary/aromatic N) is 3. The van der Waals surface area contributed by atoms with Gasteiger partial charge in [-0.1, -0.05) is 49.7 Å². The molecule has 1 heterocycles. The van der Waals surface area contributed by atoms with Gasteiger partial charge in [-0.2, -0.15) is 4.31 Å². The molecular weight excluding hydrogens is 418 g/mol. The Hall–Kier alpha value is -2.78. The molecule has 1 aliphatic heterocycles. The molecule has 3 rings (SSSR count). The molecule has 0 aromatic heterocycles. The molecule has 31 heavy (non-hydrogen) atoms. The summed E-state index contributed by atoms with van der Waals surface area (Å²) in [6, 6.07) is 13.5. The summed E-state index contributed by atoms with van der Waals surface area (Å²) < 4.78 is 27.5. The molecule has 1 atom stereocenters. The average Bonchev–Trinajstić information content (AvgIpc) is 2.77. The Labute approximate surface area is 182 Å². The van der Waals surface area contributed by atoms with Crippen molar-refractivity contribution in [3.63, 3.8) is 0 Å². The monoisotopic (exact) mass is 445 g/mol. The van der Waals surface area contributed by atoms with Gasteiger partial charge >= 0.3 is 0 Å². The van der Waals surface area contributed by atoms with Crippen molar-refractivity contribution in [2.75, 3.05) is 26.2 Å². The highest BCUT2D eigenvalue weighted by Gasteiger charge is 2.34. The minimum Gasteiger partial charge on any atom is -0.340 e. The summed E-state index contributed by atoms with van der Waals surface area (Å²) in [4.78, 5) is 25.3. The Kier molecular flexibility index (Phi) is 7.07. The molecule has 0 bridgehead atoms. The van der Waals surface area contributed by atoms with Crippen LogP contribution in [0.5, 0.6) is 0 Å². The topological polar surface area (TPSA) is 101 Å². The second-order valence-electron chi connectivity index (χ2n) is 7.69. The molecular formula is C22H27N3O5S. The van der Waals surface area contributed by atoms with Crippen molar-refractivity contribution < 1.29 is 18.1 Å². The lowest BCUT2D eigenvalue weighted by molar-refractivity contribution is -0.385. The van der Waals surface area contributed by atoms with Gasteiger partial charge in [0.05, 0.1) is 15.7 Å². The van der Waals surface area contributed by atoms with Gasteiger partial charge in [0.1, 0.15) is 0 Å². The van der Waals surface area contributed by atoms with Crippen LogP contribution in [-0.4, -0.2) is 54.6 Å². The van der Waals surface area contributed by atoms with E-state index in [2.05, 4.69) is 0 Å². The SMILES string of the molecule is CCCC(C(=O)N1CCN(S(=O)(=O)c2cc([N+](=O)[O-])ccc2C)CC1)c1ccccc1. The van der Waals surface area contributed by atoms with Gasteiger partial charge in [-0.05, 0) is 24.5 Å². The van der Waals surface area contributed by atoms with Gasteiger partial charge in [0.15, 0.2) is 0 Å². The largest absolute Gasteiger partial charge is 0.340 e. The fraction of sp³-hybridized carbons (Fsp3) is 0.409. The van der Waals surface area contributed by atoms with E-state index in [0.717, 1.165) is 24.5 Å². The van der Waals surface area contributed by atoms with Crippen molar-refractivity contribution in [2.45, 2.75) is 37.5 Å². The second-order valence-corrected chi connectivity index (χ2v) is 9.59. The lowest BCUT2D eigenvalue weighted by atomic mass is 9.93. The van der Waals surface area contributed by atoms with Gasteiger partial charge in [0.2, 0.25) is 15.9 Å². The first-order chi connectivity index (χ1) is 14.8. The Morgan fingerprint density at radius 2 is 1.74 bits per heavy atom. The van der Waals surface area contributed by atoms with Gasteiger partial charge in [0.25, 0.3) is 5.69 Å². The van der Waals surface area contributed by atoms with E-state index in [-0.39, 0.29) is 35.5 Å². The van der Waals surface area contributed by atoms with Crippen LogP contribution in [0.2, 0.25) is 0 Å². The molecule has 0 radical (unpaired) electrons. The number of carbonyl (C=O) groups is 1. The highest BCUT2D eigenvalue weighted by atomic mass is 32.2. The first kappa shape index (κ1) is 22.9. The second kappa shape index (κ2) is 9.57. The van der Waals surface area contributed by atoms with Crippen LogP contribution in [0.15, 0.2) is 53.4 Å². The van der Waals surface area contributed by atoms with Crippen LogP contribution < -0.4 is 0 Å². The number of hydrogen-bond acceptors (Lipinski definition) is 5. The number of nitro groups is 1. The summed E-state index contributed by atoms with van der Waals surface area (Å²) in [5, 5.41) is 11.1. The first-order valence-corrected chi connectivity index (χ1v) is 11.8. The normalized spacial score (nSPS) is 16.1. The Morgan fingerprint density at radius 3 is 2.32 bits per heavy atom. The molecule has 2 aromatic carbocycles. The van der Waals surface area contributed by atoms with Crippen molar-refractivity contribution >= 4 is 21.6 Å². The molecule has 0 N–H and O–H groups in total. The maximum atomic E-state index is 13.2. The lowest BCUT2D eigenvalue weighted by Gasteiger charge is -2.36. The van der Waals surface area contributed by atoms with Gasteiger partial charge in [-0.15, -0.1) is 0 Å². The standard InChI is InChI=1S/C22H27N3O5S/c1-3-7-20(18-8-5-4-6-9-18)22(26)23-12-14-24(15-13-23)31(29,30)21-16-19(25(27)28)11-10-17(21)2/h4-6,8-11,16,20H,3,7,12-15H2,1-2H3. The summed E-state index contributed by atoms with van der Waals surface area (Å²) in [6.07, 6.45) is 1.60. The fourth-order valence-electron chi connectivity index (χ4n) is 3.90. The zero-order chi connectivity index (χ0) is 22.6. The van der Waals surface area contributed by atoms with Gasteiger partial charge in [-0.25, -0.2) is 8.42 Å². The van der Waals surface area contributed by atoms with Crippen molar-refractivity contribution in [2.24, 2.45) is 0 Å². The average molecular weight is 446 g/mol. The molecule has 8 nitrogen and oxygen atoms in total. The molecule has 1 aliphatic rings. The number of non-ortho nitro benzene ring substituents is 1. The van der Waals surface area contributed by atoms with Crippen LogP contribution in [0, 0.1) is 17.0 Å². The smallest absolute Gasteiger partial charge is 0.270 e. The van der Waals surface area contributed by atoms with E-state index in [4.69, 9.17) is 0 Å². The third-order valence-corrected chi connectivity index (χ3v) is 7.67. The molecule has 166 valence electrons. The van der Waals surface area contributed by atoms with E-state index in [1.54, 1.807) is 11.8 Å². The minimum absolute atomic E-state index is 0.0108. The number of carbonyl (C=O) groups excluding carboxylic acids is 1. The molecule has 2 aromatic rings. The minimum atomic E-state index is -3.89. The third kappa shape index (κ3) is 4.94. The van der Waals surface area contributed by atoms with Crippen molar-refractivity contribution in [1.29, 1.82) is 0 Å². The lowest BCUT2D eigenvalue weighted by Crippen LogP contribution is -2.51. The molecule has 0 saturated carbocycles. The number of piperazine rings is 1. The van der Waals surface area contributed by atoms with Crippen LogP contribution in [-0.2, 0) is 14.8 Å². The van der Waals surface area contributed by atoms with E-state index in [0.29, 0.717) is 18.7 Å². The quantitative estimate of drug-likeness (QED) is 0.481. The third-order valence-electron chi connectivity index (χ3n) is 5.63. The predicted molar refractivity (Wildman–Crippen MR) is 117 cm³/mol. The first-order valence-electron chi connectivity index (χ1n) is 10.3. The molecule has 1 unspecified atom stereocenters. The summed E-state index contributed by atoms with van der Waals surface area (Å²) in [5.74, 6) is -0.231. The van der Waals surface area contributed by atoms with Crippen molar-refractivity contribution in [1.82, 2.24) is 9.21 Å². The van der Waals surface area contributed by atoms with E-state index in [1.807, 2.05) is 37.3 Å². The number of benzene rings is 2. The molecule has 9 heteroatoms. The van der Waals surface area contributed by atoms with E-state index in [1.165, 1.54) is 16.4 Å². The summed E-state index contributed by atoms with van der Waals surface area (Å²) in [5.41, 5.74) is 1.16. The van der Waals surface area contributed by atoms with Crippen LogP contribution in [0.3, 0.4) is 0 Å².